The van der Waals surface area contributed by atoms with E-state index in [4.69, 9.17) is 18.7 Å². The lowest BCUT2D eigenvalue weighted by atomic mass is 9.86. The van der Waals surface area contributed by atoms with Gasteiger partial charge in [-0.2, -0.15) is 0 Å². The van der Waals surface area contributed by atoms with Gasteiger partial charge in [-0.25, -0.2) is 4.98 Å². The molecule has 0 spiro atoms. The van der Waals surface area contributed by atoms with Crippen molar-refractivity contribution in [3.63, 3.8) is 0 Å². The number of pyridine rings is 1. The van der Waals surface area contributed by atoms with Crippen molar-refractivity contribution in [2.45, 2.75) is 46.9 Å². The van der Waals surface area contributed by atoms with Crippen molar-refractivity contribution in [3.05, 3.63) is 29.6 Å². The van der Waals surface area contributed by atoms with E-state index in [0.717, 1.165) is 22.8 Å². The molecule has 1 radical (unpaired) electrons. The normalized spacial score (nSPS) is 13.4. The topological polar surface area (TPSA) is 57.4 Å². The fourth-order valence-corrected chi connectivity index (χ4v) is 3.26. The van der Waals surface area contributed by atoms with Crippen molar-refractivity contribution >= 4 is 9.04 Å². The van der Waals surface area contributed by atoms with Crippen LogP contribution >= 0.6 is 0 Å². The summed E-state index contributed by atoms with van der Waals surface area (Å²) in [5, 5.41) is 3.93. The Bertz CT molecular complexity index is 662. The molecular weight excluding hydrogens is 308 g/mol. The molecule has 1 unspecified atom stereocenters. The number of hydrogen-bond acceptors (Lipinski definition) is 5. The summed E-state index contributed by atoms with van der Waals surface area (Å²) >= 11 is 0. The quantitative estimate of drug-likeness (QED) is 0.759. The van der Waals surface area contributed by atoms with Crippen molar-refractivity contribution < 1.29 is 13.7 Å². The van der Waals surface area contributed by atoms with E-state index in [1.165, 1.54) is 0 Å². The molecule has 0 N–H and O–H groups in total. The highest BCUT2D eigenvalue weighted by Crippen LogP contribution is 2.40. The van der Waals surface area contributed by atoms with Gasteiger partial charge < -0.3 is 13.7 Å². The molecule has 0 saturated heterocycles. The maximum absolute atomic E-state index is 6.25. The predicted octanol–water partition coefficient (Wildman–Crippen LogP) is 4.41. The van der Waals surface area contributed by atoms with Crippen LogP contribution in [0.5, 0.6) is 5.75 Å². The van der Waals surface area contributed by atoms with E-state index in [9.17, 15) is 0 Å². The fourth-order valence-electron chi connectivity index (χ4n) is 2.32. The van der Waals surface area contributed by atoms with Crippen LogP contribution in [0, 0.1) is 12.3 Å². The van der Waals surface area contributed by atoms with Crippen LogP contribution in [0.2, 0.25) is 13.1 Å². The zero-order chi connectivity index (χ0) is 17.2. The van der Waals surface area contributed by atoms with Gasteiger partial charge in [-0.05, 0) is 37.6 Å². The van der Waals surface area contributed by atoms with E-state index in [0.29, 0.717) is 5.76 Å². The van der Waals surface area contributed by atoms with Crippen LogP contribution in [-0.4, -0.2) is 26.3 Å². The van der Waals surface area contributed by atoms with Crippen molar-refractivity contribution in [3.8, 4) is 17.2 Å². The SMILES string of the molecule is COc1ccc(-c2cc(C)no2)nc1C(O[Si](C)C)C(C)(C)C. The van der Waals surface area contributed by atoms with Crippen LogP contribution in [0.15, 0.2) is 22.7 Å². The number of nitrogens with zero attached hydrogens (tertiary/aromatic N) is 2. The third kappa shape index (κ3) is 4.20. The molecule has 23 heavy (non-hydrogen) atoms. The van der Waals surface area contributed by atoms with Crippen LogP contribution < -0.4 is 4.74 Å². The molecule has 2 heterocycles. The Morgan fingerprint density at radius 1 is 1.22 bits per heavy atom. The number of rotatable bonds is 5. The number of methoxy groups -OCH3 is 1. The van der Waals surface area contributed by atoms with Crippen molar-refractivity contribution in [2.75, 3.05) is 7.11 Å². The first kappa shape index (κ1) is 17.7. The summed E-state index contributed by atoms with van der Waals surface area (Å²) in [6.45, 7) is 12.6. The van der Waals surface area contributed by atoms with Gasteiger partial charge in [0.05, 0.1) is 18.9 Å². The summed E-state index contributed by atoms with van der Waals surface area (Å²) < 4.78 is 17.1. The second-order valence-corrected chi connectivity index (χ2v) is 8.94. The molecule has 0 fully saturated rings. The molecule has 0 aliphatic carbocycles. The zero-order valence-corrected chi connectivity index (χ0v) is 15.9. The monoisotopic (exact) mass is 333 g/mol. The summed E-state index contributed by atoms with van der Waals surface area (Å²) in [4.78, 5) is 4.78. The lowest BCUT2D eigenvalue weighted by molar-refractivity contribution is 0.0800. The second-order valence-electron chi connectivity index (χ2n) is 6.89. The van der Waals surface area contributed by atoms with Gasteiger partial charge in [0.25, 0.3) is 0 Å². The maximum Gasteiger partial charge on any atom is 0.205 e. The molecule has 0 saturated carbocycles. The van der Waals surface area contributed by atoms with Gasteiger partial charge in [0.15, 0.2) is 5.76 Å². The lowest BCUT2D eigenvalue weighted by Crippen LogP contribution is -2.27. The van der Waals surface area contributed by atoms with Gasteiger partial charge in [0.2, 0.25) is 9.04 Å². The maximum atomic E-state index is 6.25. The molecule has 2 aromatic rings. The van der Waals surface area contributed by atoms with Crippen molar-refractivity contribution in [1.82, 2.24) is 10.1 Å². The molecule has 0 aliphatic heterocycles. The molecule has 0 bridgehead atoms. The molecule has 0 amide bonds. The summed E-state index contributed by atoms with van der Waals surface area (Å²) in [7, 11) is 0.764. The Labute approximate surface area is 139 Å². The average Bonchev–Trinajstić information content (AvgIpc) is 2.89. The van der Waals surface area contributed by atoms with Gasteiger partial charge in [0.1, 0.15) is 17.1 Å². The first-order chi connectivity index (χ1) is 10.7. The summed E-state index contributed by atoms with van der Waals surface area (Å²) in [5.41, 5.74) is 2.27. The average molecular weight is 333 g/mol. The van der Waals surface area contributed by atoms with E-state index < -0.39 is 9.04 Å². The molecule has 125 valence electrons. The Kier molecular flexibility index (Phi) is 5.26. The molecular formula is C17H25N2O3Si. The smallest absolute Gasteiger partial charge is 0.205 e. The Balaban J connectivity index is 2.52. The minimum Gasteiger partial charge on any atom is -0.495 e. The molecule has 5 nitrogen and oxygen atoms in total. The van der Waals surface area contributed by atoms with E-state index in [1.54, 1.807) is 7.11 Å². The highest BCUT2D eigenvalue weighted by molar-refractivity contribution is 6.48. The Morgan fingerprint density at radius 2 is 1.91 bits per heavy atom. The molecule has 6 heteroatoms. The van der Waals surface area contributed by atoms with E-state index >= 15 is 0 Å². The van der Waals surface area contributed by atoms with Gasteiger partial charge >= 0.3 is 0 Å². The highest BCUT2D eigenvalue weighted by Gasteiger charge is 2.32. The molecule has 0 aliphatic rings. The minimum atomic E-state index is -0.891. The third-order valence-electron chi connectivity index (χ3n) is 3.37. The number of hydrogen-bond donors (Lipinski definition) is 0. The van der Waals surface area contributed by atoms with Gasteiger partial charge in [-0.1, -0.05) is 25.9 Å². The Hall–Kier alpha value is -1.66. The van der Waals surface area contributed by atoms with Crippen LogP contribution in [0.25, 0.3) is 11.5 Å². The fraction of sp³-hybridized carbons (Fsp3) is 0.529. The standard InChI is InChI=1S/C17H25N2O3Si/c1-11-10-14(21-19-11)12-8-9-13(20-5)15(18-12)16(17(2,3)4)22-23(6)7/h8-10,16H,1-7H3. The highest BCUT2D eigenvalue weighted by atomic mass is 28.3. The summed E-state index contributed by atoms with van der Waals surface area (Å²) in [5.74, 6) is 1.38. The summed E-state index contributed by atoms with van der Waals surface area (Å²) in [6.07, 6.45) is -0.148. The third-order valence-corrected chi connectivity index (χ3v) is 4.08. The van der Waals surface area contributed by atoms with E-state index in [1.807, 2.05) is 25.1 Å². The van der Waals surface area contributed by atoms with Gasteiger partial charge in [0, 0.05) is 6.07 Å². The van der Waals surface area contributed by atoms with Crippen LogP contribution in [0.1, 0.15) is 38.3 Å². The lowest BCUT2D eigenvalue weighted by Gasteiger charge is -2.32. The number of ether oxygens (including phenoxy) is 1. The van der Waals surface area contributed by atoms with Gasteiger partial charge in [-0.3, -0.25) is 0 Å². The van der Waals surface area contributed by atoms with Crippen molar-refractivity contribution in [2.24, 2.45) is 5.41 Å². The largest absolute Gasteiger partial charge is 0.495 e. The predicted molar refractivity (Wildman–Crippen MR) is 91.8 cm³/mol. The van der Waals surface area contributed by atoms with Gasteiger partial charge in [-0.15, -0.1) is 0 Å². The first-order valence-electron chi connectivity index (χ1n) is 7.68. The Morgan fingerprint density at radius 3 is 2.39 bits per heavy atom. The number of aromatic nitrogens is 2. The molecule has 0 aromatic carbocycles. The minimum absolute atomic E-state index is 0.0990. The van der Waals surface area contributed by atoms with Crippen LogP contribution in [0.3, 0.4) is 0 Å². The molecule has 1 atom stereocenters. The second kappa shape index (κ2) is 6.84. The van der Waals surface area contributed by atoms with Crippen LogP contribution in [-0.2, 0) is 4.43 Å². The van der Waals surface area contributed by atoms with Crippen molar-refractivity contribution in [1.29, 1.82) is 0 Å². The van der Waals surface area contributed by atoms with E-state index in [2.05, 4.69) is 39.0 Å². The molecule has 2 aromatic heterocycles. The zero-order valence-electron chi connectivity index (χ0n) is 14.9. The van der Waals surface area contributed by atoms with Crippen LogP contribution in [0.4, 0.5) is 0 Å². The number of aryl methyl sites for hydroxylation is 1. The summed E-state index contributed by atoms with van der Waals surface area (Å²) in [6, 6.07) is 5.67. The van der Waals surface area contributed by atoms with E-state index in [-0.39, 0.29) is 11.5 Å². The molecule has 2 rings (SSSR count). The first-order valence-corrected chi connectivity index (χ1v) is 10.1.